The van der Waals surface area contributed by atoms with Gasteiger partial charge in [0.2, 0.25) is 0 Å². The fraction of sp³-hybridized carbons (Fsp3) is 0.318. The predicted molar refractivity (Wildman–Crippen MR) is 106 cm³/mol. The van der Waals surface area contributed by atoms with Crippen LogP contribution in [0.3, 0.4) is 0 Å². The summed E-state index contributed by atoms with van der Waals surface area (Å²) in [5.74, 6) is 0.132. The molecule has 4 heterocycles. The van der Waals surface area contributed by atoms with Crippen LogP contribution < -0.4 is 5.32 Å². The number of halogens is 1. The minimum atomic E-state index is -0.977. The SMILES string of the molecule is C[C@@]12CC[C@@H](N1)[C@@H](F)/C(=C\c1cnc(-c3cc4ccncc4cc3O)cn1)C2. The van der Waals surface area contributed by atoms with Gasteiger partial charge in [-0.15, -0.1) is 0 Å². The minimum Gasteiger partial charge on any atom is -0.507 e. The van der Waals surface area contributed by atoms with E-state index in [1.165, 1.54) is 0 Å². The first-order valence-corrected chi connectivity index (χ1v) is 9.52. The zero-order chi connectivity index (χ0) is 19.3. The number of nitrogens with one attached hydrogen (secondary N) is 1. The summed E-state index contributed by atoms with van der Waals surface area (Å²) in [5.41, 5.74) is 2.59. The Hall–Kier alpha value is -2.86. The summed E-state index contributed by atoms with van der Waals surface area (Å²) < 4.78 is 14.7. The molecule has 2 aliphatic heterocycles. The van der Waals surface area contributed by atoms with Crippen molar-refractivity contribution in [1.29, 1.82) is 0 Å². The van der Waals surface area contributed by atoms with Gasteiger partial charge in [0.25, 0.3) is 0 Å². The van der Waals surface area contributed by atoms with E-state index in [9.17, 15) is 9.50 Å². The summed E-state index contributed by atoms with van der Waals surface area (Å²) in [7, 11) is 0. The van der Waals surface area contributed by atoms with E-state index < -0.39 is 6.17 Å². The minimum absolute atomic E-state index is 0.0157. The van der Waals surface area contributed by atoms with Gasteiger partial charge in [0.05, 0.1) is 23.8 Å². The lowest BCUT2D eigenvalue weighted by molar-refractivity contribution is 0.234. The summed E-state index contributed by atoms with van der Waals surface area (Å²) in [6.07, 6.45) is 10.1. The highest BCUT2D eigenvalue weighted by Crippen LogP contribution is 2.40. The number of fused-ring (bicyclic) bond motifs is 3. The normalized spacial score (nSPS) is 28.1. The number of phenols is 1. The van der Waals surface area contributed by atoms with E-state index in [1.54, 1.807) is 30.9 Å². The van der Waals surface area contributed by atoms with E-state index in [0.29, 0.717) is 23.4 Å². The van der Waals surface area contributed by atoms with E-state index >= 15 is 0 Å². The molecule has 0 spiro atoms. The molecule has 0 amide bonds. The maximum absolute atomic E-state index is 14.7. The number of pyridine rings is 1. The van der Waals surface area contributed by atoms with Gasteiger partial charge < -0.3 is 10.4 Å². The largest absolute Gasteiger partial charge is 0.507 e. The summed E-state index contributed by atoms with van der Waals surface area (Å²) in [6.45, 7) is 2.15. The maximum atomic E-state index is 14.7. The van der Waals surface area contributed by atoms with Crippen LogP contribution in [-0.2, 0) is 0 Å². The second-order valence-corrected chi connectivity index (χ2v) is 8.07. The first-order chi connectivity index (χ1) is 13.5. The maximum Gasteiger partial charge on any atom is 0.137 e. The molecule has 0 radical (unpaired) electrons. The van der Waals surface area contributed by atoms with Crippen LogP contribution in [0.15, 0.2) is 48.6 Å². The first kappa shape index (κ1) is 17.3. The smallest absolute Gasteiger partial charge is 0.137 e. The second kappa shape index (κ2) is 6.34. The van der Waals surface area contributed by atoms with Gasteiger partial charge >= 0.3 is 0 Å². The van der Waals surface area contributed by atoms with Crippen LogP contribution in [-0.4, -0.2) is 37.8 Å². The average molecular weight is 376 g/mol. The molecule has 5 nitrogen and oxygen atoms in total. The van der Waals surface area contributed by atoms with Crippen LogP contribution in [0, 0.1) is 0 Å². The second-order valence-electron chi connectivity index (χ2n) is 8.07. The van der Waals surface area contributed by atoms with Crippen molar-refractivity contribution in [1.82, 2.24) is 20.3 Å². The Morgan fingerprint density at radius 1 is 1.21 bits per heavy atom. The van der Waals surface area contributed by atoms with Gasteiger partial charge in [-0.25, -0.2) is 4.39 Å². The molecule has 5 rings (SSSR count). The van der Waals surface area contributed by atoms with Crippen molar-refractivity contribution >= 4 is 16.8 Å². The number of phenolic OH excluding ortho intramolecular Hbond substituents is 1. The number of hydrogen-bond donors (Lipinski definition) is 2. The Morgan fingerprint density at radius 3 is 2.93 bits per heavy atom. The fourth-order valence-electron chi connectivity index (χ4n) is 4.43. The Morgan fingerprint density at radius 2 is 2.11 bits per heavy atom. The predicted octanol–water partition coefficient (Wildman–Crippen LogP) is 4.03. The molecule has 3 atom stereocenters. The molecule has 2 N–H and O–H groups in total. The molecule has 0 aliphatic carbocycles. The van der Waals surface area contributed by atoms with Crippen LogP contribution in [0.4, 0.5) is 4.39 Å². The van der Waals surface area contributed by atoms with E-state index in [-0.39, 0.29) is 17.3 Å². The molecule has 6 heteroatoms. The van der Waals surface area contributed by atoms with Crippen LogP contribution in [0.5, 0.6) is 5.75 Å². The third kappa shape index (κ3) is 2.94. The first-order valence-electron chi connectivity index (χ1n) is 9.52. The molecule has 2 fully saturated rings. The number of benzene rings is 1. The Bertz CT molecular complexity index is 1080. The van der Waals surface area contributed by atoms with Crippen LogP contribution in [0.2, 0.25) is 0 Å². The molecule has 2 bridgehead atoms. The molecule has 1 aromatic carbocycles. The number of hydrogen-bond acceptors (Lipinski definition) is 5. The Labute approximate surface area is 162 Å². The number of piperidine rings is 1. The van der Waals surface area contributed by atoms with Gasteiger partial charge in [0.1, 0.15) is 11.9 Å². The van der Waals surface area contributed by atoms with Crippen molar-refractivity contribution in [3.05, 3.63) is 54.3 Å². The van der Waals surface area contributed by atoms with E-state index in [1.807, 2.05) is 18.2 Å². The van der Waals surface area contributed by atoms with Crippen LogP contribution in [0.1, 0.15) is 31.9 Å². The van der Waals surface area contributed by atoms with Crippen molar-refractivity contribution in [3.63, 3.8) is 0 Å². The van der Waals surface area contributed by atoms with Gasteiger partial charge in [-0.05, 0) is 61.4 Å². The van der Waals surface area contributed by atoms with Gasteiger partial charge in [0, 0.05) is 34.9 Å². The summed E-state index contributed by atoms with van der Waals surface area (Å²) in [6, 6.07) is 5.34. The number of alkyl halides is 1. The molecule has 2 saturated heterocycles. The molecular formula is C22H21FN4O. The van der Waals surface area contributed by atoms with Crippen molar-refractivity contribution < 1.29 is 9.50 Å². The van der Waals surface area contributed by atoms with Gasteiger partial charge in [-0.2, -0.15) is 0 Å². The van der Waals surface area contributed by atoms with E-state index in [4.69, 9.17) is 0 Å². The van der Waals surface area contributed by atoms with Gasteiger partial charge in [-0.3, -0.25) is 15.0 Å². The lowest BCUT2D eigenvalue weighted by Gasteiger charge is -2.35. The third-order valence-corrected chi connectivity index (χ3v) is 5.88. The highest BCUT2D eigenvalue weighted by molar-refractivity contribution is 5.89. The Balaban J connectivity index is 1.46. The number of nitrogens with zero attached hydrogens (tertiary/aromatic N) is 3. The summed E-state index contributed by atoms with van der Waals surface area (Å²) in [4.78, 5) is 13.0. The summed E-state index contributed by atoms with van der Waals surface area (Å²) >= 11 is 0. The lowest BCUT2D eigenvalue weighted by atomic mass is 9.87. The molecule has 2 aromatic heterocycles. The quantitative estimate of drug-likeness (QED) is 0.707. The molecule has 0 unspecified atom stereocenters. The van der Waals surface area contributed by atoms with Crippen molar-refractivity contribution in [2.24, 2.45) is 0 Å². The number of rotatable bonds is 2. The van der Waals surface area contributed by atoms with E-state index in [2.05, 4.69) is 27.2 Å². The molecule has 3 aromatic rings. The fourth-order valence-corrected chi connectivity index (χ4v) is 4.43. The lowest BCUT2D eigenvalue weighted by Crippen LogP contribution is -2.50. The highest BCUT2D eigenvalue weighted by Gasteiger charge is 2.45. The molecule has 2 aliphatic rings. The zero-order valence-corrected chi connectivity index (χ0v) is 15.6. The molecule has 0 saturated carbocycles. The molecule has 142 valence electrons. The number of aromatic hydroxyl groups is 1. The van der Waals surface area contributed by atoms with Gasteiger partial charge in [-0.1, -0.05) is 0 Å². The Kier molecular flexibility index (Phi) is 3.91. The van der Waals surface area contributed by atoms with Crippen LogP contribution >= 0.6 is 0 Å². The third-order valence-electron chi connectivity index (χ3n) is 5.88. The van der Waals surface area contributed by atoms with Crippen LogP contribution in [0.25, 0.3) is 28.1 Å². The standard InChI is InChI=1S/C22H21FN4O/c1-22-4-2-18(27-22)21(23)14(9-22)6-16-11-26-19(12-25-16)17-7-13-3-5-24-10-15(13)8-20(17)28/h3,5-8,10-12,18,21,27-28H,2,4,9H2,1H3/b14-6-/t18-,21+,22+/m1/s1. The average Bonchev–Trinajstić information content (AvgIpc) is 3.04. The van der Waals surface area contributed by atoms with E-state index in [0.717, 1.165) is 29.2 Å². The van der Waals surface area contributed by atoms with Crippen molar-refractivity contribution in [2.45, 2.75) is 43.9 Å². The topological polar surface area (TPSA) is 70.9 Å². The zero-order valence-electron chi connectivity index (χ0n) is 15.6. The van der Waals surface area contributed by atoms with Crippen molar-refractivity contribution in [2.75, 3.05) is 0 Å². The monoisotopic (exact) mass is 376 g/mol. The van der Waals surface area contributed by atoms with Gasteiger partial charge in [0.15, 0.2) is 0 Å². The summed E-state index contributed by atoms with van der Waals surface area (Å²) in [5, 5.41) is 15.6. The molecule has 28 heavy (non-hydrogen) atoms. The molecular weight excluding hydrogens is 355 g/mol. The highest BCUT2D eigenvalue weighted by atomic mass is 19.1. The van der Waals surface area contributed by atoms with Crippen molar-refractivity contribution in [3.8, 4) is 17.0 Å². The number of aromatic nitrogens is 3.